The molecule has 18 heavy (non-hydrogen) atoms. The molecule has 2 nitrogen and oxygen atoms in total. The Morgan fingerprint density at radius 3 is 2.33 bits per heavy atom. The van der Waals surface area contributed by atoms with Crippen molar-refractivity contribution >= 4 is 0 Å². The SMILES string of the molecule is CC(C)NCC1CCC1N(C)CC1CCCCC1. The summed E-state index contributed by atoms with van der Waals surface area (Å²) in [5, 5.41) is 3.61. The van der Waals surface area contributed by atoms with Gasteiger partial charge in [0, 0.05) is 18.6 Å². The van der Waals surface area contributed by atoms with E-state index < -0.39 is 0 Å². The molecule has 0 spiro atoms. The lowest BCUT2D eigenvalue weighted by atomic mass is 9.77. The van der Waals surface area contributed by atoms with E-state index in [1.165, 1.54) is 58.0 Å². The lowest BCUT2D eigenvalue weighted by Crippen LogP contribution is -2.50. The van der Waals surface area contributed by atoms with E-state index in [2.05, 4.69) is 31.1 Å². The summed E-state index contributed by atoms with van der Waals surface area (Å²) in [6.07, 6.45) is 10.2. The minimum absolute atomic E-state index is 0.634. The van der Waals surface area contributed by atoms with Crippen LogP contribution in [-0.4, -0.2) is 37.1 Å². The van der Waals surface area contributed by atoms with Gasteiger partial charge in [0.1, 0.15) is 0 Å². The van der Waals surface area contributed by atoms with Crippen molar-refractivity contribution in [1.29, 1.82) is 0 Å². The predicted octanol–water partition coefficient (Wildman–Crippen LogP) is 3.28. The van der Waals surface area contributed by atoms with E-state index in [-0.39, 0.29) is 0 Å². The minimum Gasteiger partial charge on any atom is -0.314 e. The van der Waals surface area contributed by atoms with E-state index in [1.54, 1.807) is 0 Å². The van der Waals surface area contributed by atoms with Gasteiger partial charge in [0.25, 0.3) is 0 Å². The molecule has 2 heteroatoms. The van der Waals surface area contributed by atoms with E-state index in [1.807, 2.05) is 0 Å². The van der Waals surface area contributed by atoms with Crippen LogP contribution in [0, 0.1) is 11.8 Å². The second kappa shape index (κ2) is 6.91. The van der Waals surface area contributed by atoms with Crippen LogP contribution in [0.3, 0.4) is 0 Å². The number of nitrogens with one attached hydrogen (secondary N) is 1. The number of nitrogens with zero attached hydrogens (tertiary/aromatic N) is 1. The van der Waals surface area contributed by atoms with Gasteiger partial charge < -0.3 is 10.2 Å². The number of rotatable bonds is 6. The second-order valence-corrected chi connectivity index (χ2v) is 6.91. The molecule has 0 aromatic heterocycles. The highest BCUT2D eigenvalue weighted by molar-refractivity contribution is 4.90. The van der Waals surface area contributed by atoms with E-state index in [0.717, 1.165) is 17.9 Å². The molecule has 2 aliphatic rings. The normalized spacial score (nSPS) is 29.8. The summed E-state index contributed by atoms with van der Waals surface area (Å²) >= 11 is 0. The molecule has 106 valence electrons. The van der Waals surface area contributed by atoms with Crippen LogP contribution in [0.1, 0.15) is 58.8 Å². The van der Waals surface area contributed by atoms with Gasteiger partial charge in [-0.1, -0.05) is 33.1 Å². The van der Waals surface area contributed by atoms with Crippen LogP contribution >= 0.6 is 0 Å². The Kier molecular flexibility index (Phi) is 5.50. The first-order chi connectivity index (χ1) is 8.66. The average molecular weight is 252 g/mol. The van der Waals surface area contributed by atoms with E-state index in [9.17, 15) is 0 Å². The molecule has 2 saturated carbocycles. The molecule has 1 N–H and O–H groups in total. The third-order valence-electron chi connectivity index (χ3n) is 5.00. The van der Waals surface area contributed by atoms with Crippen molar-refractivity contribution in [3.05, 3.63) is 0 Å². The second-order valence-electron chi connectivity index (χ2n) is 6.91. The highest BCUT2D eigenvalue weighted by atomic mass is 15.1. The van der Waals surface area contributed by atoms with Crippen molar-refractivity contribution in [2.75, 3.05) is 20.1 Å². The monoisotopic (exact) mass is 252 g/mol. The lowest BCUT2D eigenvalue weighted by Gasteiger charge is -2.44. The summed E-state index contributed by atoms with van der Waals surface area (Å²) < 4.78 is 0. The van der Waals surface area contributed by atoms with Crippen molar-refractivity contribution < 1.29 is 0 Å². The van der Waals surface area contributed by atoms with Crippen LogP contribution in [0.2, 0.25) is 0 Å². The summed E-state index contributed by atoms with van der Waals surface area (Å²) in [4.78, 5) is 2.67. The van der Waals surface area contributed by atoms with Gasteiger partial charge in [-0.05, 0) is 51.1 Å². The molecule has 0 amide bonds. The van der Waals surface area contributed by atoms with E-state index >= 15 is 0 Å². The first kappa shape index (κ1) is 14.3. The zero-order valence-electron chi connectivity index (χ0n) is 12.6. The molecule has 2 unspecified atom stereocenters. The molecule has 0 saturated heterocycles. The maximum Gasteiger partial charge on any atom is 0.0133 e. The zero-order valence-corrected chi connectivity index (χ0v) is 12.6. The fourth-order valence-corrected chi connectivity index (χ4v) is 3.67. The molecule has 2 fully saturated rings. The van der Waals surface area contributed by atoms with Gasteiger partial charge in [-0.15, -0.1) is 0 Å². The first-order valence-electron chi connectivity index (χ1n) is 8.10. The van der Waals surface area contributed by atoms with Gasteiger partial charge in [0.05, 0.1) is 0 Å². The summed E-state index contributed by atoms with van der Waals surface area (Å²) in [5.41, 5.74) is 0. The number of hydrogen-bond donors (Lipinski definition) is 1. The smallest absolute Gasteiger partial charge is 0.0133 e. The Balaban J connectivity index is 1.69. The van der Waals surface area contributed by atoms with Crippen molar-refractivity contribution in [2.24, 2.45) is 11.8 Å². The maximum atomic E-state index is 3.61. The molecule has 2 aliphatic carbocycles. The molecule has 0 heterocycles. The molecule has 2 rings (SSSR count). The van der Waals surface area contributed by atoms with Gasteiger partial charge in [0.2, 0.25) is 0 Å². The van der Waals surface area contributed by atoms with Crippen LogP contribution in [0.15, 0.2) is 0 Å². The van der Waals surface area contributed by atoms with Crippen LogP contribution in [-0.2, 0) is 0 Å². The van der Waals surface area contributed by atoms with Gasteiger partial charge in [0.15, 0.2) is 0 Å². The average Bonchev–Trinajstić information content (AvgIpc) is 2.28. The third kappa shape index (κ3) is 3.96. The standard InChI is InChI=1S/C16H32N2/c1-13(2)17-11-15-9-10-16(15)18(3)12-14-7-5-4-6-8-14/h13-17H,4-12H2,1-3H3. The van der Waals surface area contributed by atoms with Crippen molar-refractivity contribution in [3.8, 4) is 0 Å². The molecule has 0 radical (unpaired) electrons. The maximum absolute atomic E-state index is 3.61. The van der Waals surface area contributed by atoms with Crippen LogP contribution in [0.5, 0.6) is 0 Å². The molecule has 0 aromatic rings. The predicted molar refractivity (Wildman–Crippen MR) is 78.9 cm³/mol. The minimum atomic E-state index is 0.634. The van der Waals surface area contributed by atoms with Crippen LogP contribution in [0.4, 0.5) is 0 Å². The fourth-order valence-electron chi connectivity index (χ4n) is 3.67. The van der Waals surface area contributed by atoms with E-state index in [0.29, 0.717) is 6.04 Å². The van der Waals surface area contributed by atoms with Gasteiger partial charge in [-0.25, -0.2) is 0 Å². The quantitative estimate of drug-likeness (QED) is 0.780. The Labute approximate surface area is 114 Å². The van der Waals surface area contributed by atoms with Gasteiger partial charge in [-0.2, -0.15) is 0 Å². The highest BCUT2D eigenvalue weighted by Crippen LogP contribution is 2.33. The molecule has 0 aliphatic heterocycles. The molecule has 0 aromatic carbocycles. The lowest BCUT2D eigenvalue weighted by molar-refractivity contribution is 0.0641. The van der Waals surface area contributed by atoms with Gasteiger partial charge in [-0.3, -0.25) is 0 Å². The highest BCUT2D eigenvalue weighted by Gasteiger charge is 2.34. The Bertz CT molecular complexity index is 233. The summed E-state index contributed by atoms with van der Waals surface area (Å²) in [6, 6.07) is 1.49. The summed E-state index contributed by atoms with van der Waals surface area (Å²) in [5.74, 6) is 1.89. The van der Waals surface area contributed by atoms with Crippen molar-refractivity contribution in [1.82, 2.24) is 10.2 Å². The van der Waals surface area contributed by atoms with Crippen LogP contribution < -0.4 is 5.32 Å². The number of hydrogen-bond acceptors (Lipinski definition) is 2. The largest absolute Gasteiger partial charge is 0.314 e. The first-order valence-corrected chi connectivity index (χ1v) is 8.10. The molecule has 0 bridgehead atoms. The fraction of sp³-hybridized carbons (Fsp3) is 1.00. The Morgan fingerprint density at radius 2 is 1.78 bits per heavy atom. The van der Waals surface area contributed by atoms with E-state index in [4.69, 9.17) is 0 Å². The van der Waals surface area contributed by atoms with Crippen molar-refractivity contribution in [3.63, 3.8) is 0 Å². The molecule has 2 atom stereocenters. The summed E-state index contributed by atoms with van der Waals surface area (Å²) in [6.45, 7) is 7.07. The topological polar surface area (TPSA) is 15.3 Å². The van der Waals surface area contributed by atoms with Gasteiger partial charge >= 0.3 is 0 Å². The molecular formula is C16H32N2. The molecular weight excluding hydrogens is 220 g/mol. The van der Waals surface area contributed by atoms with Crippen molar-refractivity contribution in [2.45, 2.75) is 70.9 Å². The third-order valence-corrected chi connectivity index (χ3v) is 5.00. The Hall–Kier alpha value is -0.0800. The zero-order chi connectivity index (χ0) is 13.0. The Morgan fingerprint density at radius 1 is 1.06 bits per heavy atom. The van der Waals surface area contributed by atoms with Crippen LogP contribution in [0.25, 0.3) is 0 Å². The summed E-state index contributed by atoms with van der Waals surface area (Å²) in [7, 11) is 2.36.